The molecule has 0 aliphatic heterocycles. The molecule has 1 aromatic carbocycles. The number of aliphatic hydroxyl groups is 2. The summed E-state index contributed by atoms with van der Waals surface area (Å²) in [5.74, 6) is -2.02. The highest BCUT2D eigenvalue weighted by atomic mass is 32.2. The average molecular weight is 291 g/mol. The van der Waals surface area contributed by atoms with E-state index in [4.69, 9.17) is 15.3 Å². The Morgan fingerprint density at radius 3 is 2.53 bits per heavy atom. The summed E-state index contributed by atoms with van der Waals surface area (Å²) in [4.78, 5) is 10.4. The summed E-state index contributed by atoms with van der Waals surface area (Å²) in [5, 5.41) is 35.6. The first kappa shape index (κ1) is 15.4. The normalized spacial score (nSPS) is 13.2. The first-order valence-electron chi connectivity index (χ1n) is 5.13. The summed E-state index contributed by atoms with van der Waals surface area (Å²) >= 11 is 0. The molecule has 0 bridgehead atoms. The number of rotatable bonds is 6. The molecule has 0 heterocycles. The molecule has 0 saturated heterocycles. The van der Waals surface area contributed by atoms with E-state index in [0.29, 0.717) is 0 Å². The number of hydrogen-bond acceptors (Lipinski definition) is 6. The molecule has 9 heteroatoms. The molecule has 0 aliphatic rings. The van der Waals surface area contributed by atoms with Crippen LogP contribution >= 0.6 is 0 Å². The highest BCUT2D eigenvalue weighted by molar-refractivity contribution is 7.89. The standard InChI is InChI=1S/C10H13NO7S/c12-5-6(13)4-11-19(17,18)7-1-2-9(14)8(3-7)10(15)16/h1-3,6,11-14H,4-5H2,(H,15,16). The van der Waals surface area contributed by atoms with Crippen LogP contribution < -0.4 is 4.72 Å². The van der Waals surface area contributed by atoms with Crippen molar-refractivity contribution in [3.63, 3.8) is 0 Å². The van der Waals surface area contributed by atoms with E-state index in [0.717, 1.165) is 18.2 Å². The number of sulfonamides is 1. The Kier molecular flexibility index (Phi) is 4.84. The fourth-order valence-corrected chi connectivity index (χ4v) is 2.31. The van der Waals surface area contributed by atoms with Crippen molar-refractivity contribution < 1.29 is 33.6 Å². The van der Waals surface area contributed by atoms with Gasteiger partial charge in [0.1, 0.15) is 11.3 Å². The zero-order chi connectivity index (χ0) is 14.6. The van der Waals surface area contributed by atoms with Gasteiger partial charge in [0.05, 0.1) is 17.6 Å². The molecule has 1 aromatic rings. The number of benzene rings is 1. The van der Waals surface area contributed by atoms with Crippen LogP contribution in [-0.4, -0.2) is 54.1 Å². The molecule has 0 fully saturated rings. The third-order valence-corrected chi connectivity index (χ3v) is 3.65. The second-order valence-corrected chi connectivity index (χ2v) is 5.44. The third kappa shape index (κ3) is 3.89. The number of carboxylic acids is 1. The van der Waals surface area contributed by atoms with Gasteiger partial charge in [0.25, 0.3) is 0 Å². The number of carboxylic acid groups (broad SMARTS) is 1. The Morgan fingerprint density at radius 1 is 1.37 bits per heavy atom. The Morgan fingerprint density at radius 2 is 2.00 bits per heavy atom. The van der Waals surface area contributed by atoms with Crippen LogP contribution in [0.5, 0.6) is 5.75 Å². The summed E-state index contributed by atoms with van der Waals surface area (Å²) in [6.07, 6.45) is -1.26. The summed E-state index contributed by atoms with van der Waals surface area (Å²) in [5.41, 5.74) is -0.550. The number of phenols is 1. The minimum atomic E-state index is -4.03. The van der Waals surface area contributed by atoms with Crippen LogP contribution in [-0.2, 0) is 10.0 Å². The molecule has 0 aliphatic carbocycles. The largest absolute Gasteiger partial charge is 0.507 e. The highest BCUT2D eigenvalue weighted by Gasteiger charge is 2.19. The molecule has 0 aromatic heterocycles. The van der Waals surface area contributed by atoms with E-state index in [1.165, 1.54) is 0 Å². The molecule has 0 saturated carbocycles. The Bertz CT molecular complexity index is 569. The lowest BCUT2D eigenvalue weighted by Crippen LogP contribution is -2.34. The van der Waals surface area contributed by atoms with Crippen molar-refractivity contribution in [1.29, 1.82) is 0 Å². The van der Waals surface area contributed by atoms with Gasteiger partial charge in [-0.2, -0.15) is 0 Å². The number of nitrogens with one attached hydrogen (secondary N) is 1. The predicted octanol–water partition coefficient (Wildman–Crippen LogP) is -1.28. The molecule has 1 unspecified atom stereocenters. The molecule has 1 rings (SSSR count). The maximum atomic E-state index is 11.8. The third-order valence-electron chi connectivity index (χ3n) is 2.23. The van der Waals surface area contributed by atoms with E-state index < -0.39 is 46.6 Å². The van der Waals surface area contributed by atoms with Gasteiger partial charge in [0, 0.05) is 6.54 Å². The molecule has 106 valence electrons. The van der Waals surface area contributed by atoms with Gasteiger partial charge < -0.3 is 20.4 Å². The first-order valence-corrected chi connectivity index (χ1v) is 6.61. The molecule has 0 radical (unpaired) electrons. The minimum absolute atomic E-state index is 0.368. The van der Waals surface area contributed by atoms with Gasteiger partial charge >= 0.3 is 5.97 Å². The van der Waals surface area contributed by atoms with Gasteiger partial charge in [0.2, 0.25) is 10.0 Å². The predicted molar refractivity (Wildman–Crippen MR) is 63.3 cm³/mol. The first-order chi connectivity index (χ1) is 8.77. The minimum Gasteiger partial charge on any atom is -0.507 e. The smallest absolute Gasteiger partial charge is 0.339 e. The molecular formula is C10H13NO7S. The maximum Gasteiger partial charge on any atom is 0.339 e. The Hall–Kier alpha value is -1.68. The number of carbonyl (C=O) groups is 1. The second-order valence-electron chi connectivity index (χ2n) is 3.67. The van der Waals surface area contributed by atoms with Crippen LogP contribution in [0.1, 0.15) is 10.4 Å². The van der Waals surface area contributed by atoms with Crippen molar-refractivity contribution in [3.8, 4) is 5.75 Å². The maximum absolute atomic E-state index is 11.8. The molecule has 0 spiro atoms. The average Bonchev–Trinajstić information content (AvgIpc) is 2.35. The molecule has 0 amide bonds. The summed E-state index contributed by atoms with van der Waals surface area (Å²) in [6.45, 7) is -1.03. The molecule has 8 nitrogen and oxygen atoms in total. The molecular weight excluding hydrogens is 278 g/mol. The van der Waals surface area contributed by atoms with E-state index >= 15 is 0 Å². The number of aliphatic hydroxyl groups excluding tert-OH is 2. The Labute approximate surface area is 109 Å². The van der Waals surface area contributed by atoms with Crippen LogP contribution in [0.15, 0.2) is 23.1 Å². The van der Waals surface area contributed by atoms with Gasteiger partial charge in [-0.05, 0) is 18.2 Å². The zero-order valence-electron chi connectivity index (χ0n) is 9.65. The van der Waals surface area contributed by atoms with Gasteiger partial charge in [-0.1, -0.05) is 0 Å². The van der Waals surface area contributed by atoms with Crippen molar-refractivity contribution in [1.82, 2.24) is 4.72 Å². The van der Waals surface area contributed by atoms with Crippen molar-refractivity contribution in [2.75, 3.05) is 13.2 Å². The van der Waals surface area contributed by atoms with Crippen molar-refractivity contribution in [2.45, 2.75) is 11.0 Å². The van der Waals surface area contributed by atoms with Crippen molar-refractivity contribution in [2.24, 2.45) is 0 Å². The molecule has 1 atom stereocenters. The quantitative estimate of drug-likeness (QED) is 0.439. The number of aromatic carboxylic acids is 1. The monoisotopic (exact) mass is 291 g/mol. The summed E-state index contributed by atoms with van der Waals surface area (Å²) in [7, 11) is -4.03. The SMILES string of the molecule is O=C(O)c1cc(S(=O)(=O)NCC(O)CO)ccc1O. The second kappa shape index (κ2) is 5.97. The van der Waals surface area contributed by atoms with Crippen LogP contribution in [0, 0.1) is 0 Å². The molecule has 19 heavy (non-hydrogen) atoms. The van der Waals surface area contributed by atoms with Crippen molar-refractivity contribution >= 4 is 16.0 Å². The van der Waals surface area contributed by atoms with Crippen LogP contribution in [0.4, 0.5) is 0 Å². The van der Waals surface area contributed by atoms with Gasteiger partial charge in [0.15, 0.2) is 0 Å². The van der Waals surface area contributed by atoms with Gasteiger partial charge in [-0.25, -0.2) is 17.9 Å². The summed E-state index contributed by atoms with van der Waals surface area (Å²) < 4.78 is 25.5. The lowest BCUT2D eigenvalue weighted by Gasteiger charge is -2.10. The van der Waals surface area contributed by atoms with E-state index in [-0.39, 0.29) is 4.90 Å². The van der Waals surface area contributed by atoms with E-state index in [1.54, 1.807) is 0 Å². The lowest BCUT2D eigenvalue weighted by molar-refractivity contribution is 0.0693. The topological polar surface area (TPSA) is 144 Å². The summed E-state index contributed by atoms with van der Waals surface area (Å²) in [6, 6.07) is 2.77. The molecule has 5 N–H and O–H groups in total. The number of hydrogen-bond donors (Lipinski definition) is 5. The highest BCUT2D eigenvalue weighted by Crippen LogP contribution is 2.21. The van der Waals surface area contributed by atoms with Gasteiger partial charge in [-0.3, -0.25) is 0 Å². The van der Waals surface area contributed by atoms with Crippen LogP contribution in [0.2, 0.25) is 0 Å². The van der Waals surface area contributed by atoms with Gasteiger partial charge in [-0.15, -0.1) is 0 Å². The fourth-order valence-electron chi connectivity index (χ4n) is 1.21. The van der Waals surface area contributed by atoms with Crippen molar-refractivity contribution in [3.05, 3.63) is 23.8 Å². The van der Waals surface area contributed by atoms with Crippen LogP contribution in [0.3, 0.4) is 0 Å². The fraction of sp³-hybridized carbons (Fsp3) is 0.300. The van der Waals surface area contributed by atoms with Crippen LogP contribution in [0.25, 0.3) is 0 Å². The van der Waals surface area contributed by atoms with E-state index in [1.807, 2.05) is 4.72 Å². The number of aromatic hydroxyl groups is 1. The lowest BCUT2D eigenvalue weighted by atomic mass is 10.2. The van der Waals surface area contributed by atoms with E-state index in [2.05, 4.69) is 0 Å². The van der Waals surface area contributed by atoms with E-state index in [9.17, 15) is 18.3 Å². The Balaban J connectivity index is 3.02. The zero-order valence-corrected chi connectivity index (χ0v) is 10.5.